The lowest BCUT2D eigenvalue weighted by atomic mass is 9.81. The number of hydrogen-bond donors (Lipinski definition) is 1. The zero-order valence-corrected chi connectivity index (χ0v) is 10.4. The highest BCUT2D eigenvalue weighted by molar-refractivity contribution is 4.91. The van der Waals surface area contributed by atoms with Crippen molar-refractivity contribution < 1.29 is 4.74 Å². The summed E-state index contributed by atoms with van der Waals surface area (Å²) in [6.07, 6.45) is 8.01. The summed E-state index contributed by atoms with van der Waals surface area (Å²) in [5.41, 5.74) is 0.0305. The van der Waals surface area contributed by atoms with Crippen molar-refractivity contribution in [3.8, 4) is 0 Å². The molecule has 1 saturated heterocycles. The van der Waals surface area contributed by atoms with Gasteiger partial charge >= 0.3 is 0 Å². The van der Waals surface area contributed by atoms with E-state index >= 15 is 0 Å². The quantitative estimate of drug-likeness (QED) is 0.719. The molecule has 2 fully saturated rings. The first kappa shape index (κ1) is 11.4. The maximum Gasteiger partial charge on any atom is 0.119 e. The minimum atomic E-state index is 0.0305. The maximum absolute atomic E-state index is 6.17. The molecule has 0 bridgehead atoms. The van der Waals surface area contributed by atoms with E-state index in [0.717, 1.165) is 12.3 Å². The number of ether oxygens (including phenoxy) is 1. The average molecular weight is 211 g/mol. The molecule has 2 rings (SSSR count). The van der Waals surface area contributed by atoms with Gasteiger partial charge in [-0.3, -0.25) is 5.32 Å². The molecule has 2 aliphatic rings. The molecule has 1 N–H and O–H groups in total. The van der Waals surface area contributed by atoms with E-state index in [2.05, 4.69) is 26.1 Å². The van der Waals surface area contributed by atoms with E-state index in [1.54, 1.807) is 0 Å². The highest BCUT2D eigenvalue weighted by atomic mass is 16.5. The summed E-state index contributed by atoms with van der Waals surface area (Å²) in [6.45, 7) is 6.81. The van der Waals surface area contributed by atoms with Crippen LogP contribution in [0, 0.1) is 5.92 Å². The van der Waals surface area contributed by atoms with E-state index in [4.69, 9.17) is 4.74 Å². The Hall–Kier alpha value is -0.0800. The first-order valence-electron chi connectivity index (χ1n) is 6.59. The van der Waals surface area contributed by atoms with Gasteiger partial charge < -0.3 is 4.74 Å². The molecule has 0 aromatic carbocycles. The van der Waals surface area contributed by atoms with Gasteiger partial charge in [0.25, 0.3) is 0 Å². The summed E-state index contributed by atoms with van der Waals surface area (Å²) in [5.74, 6) is 0.938. The van der Waals surface area contributed by atoms with Crippen LogP contribution in [0.1, 0.15) is 59.3 Å². The monoisotopic (exact) mass is 211 g/mol. The van der Waals surface area contributed by atoms with Crippen molar-refractivity contribution in [2.24, 2.45) is 5.92 Å². The van der Waals surface area contributed by atoms with Crippen molar-refractivity contribution in [2.75, 3.05) is 0 Å². The predicted molar refractivity (Wildman–Crippen MR) is 62.7 cm³/mol. The zero-order valence-electron chi connectivity index (χ0n) is 10.4. The van der Waals surface area contributed by atoms with E-state index in [9.17, 15) is 0 Å². The van der Waals surface area contributed by atoms with Gasteiger partial charge in [0.1, 0.15) is 5.72 Å². The Morgan fingerprint density at radius 3 is 2.47 bits per heavy atom. The lowest BCUT2D eigenvalue weighted by Crippen LogP contribution is -2.59. The van der Waals surface area contributed by atoms with Crippen LogP contribution in [0.3, 0.4) is 0 Å². The second-order valence-electron chi connectivity index (χ2n) is 5.56. The van der Waals surface area contributed by atoms with E-state index in [-0.39, 0.29) is 5.72 Å². The molecule has 1 saturated carbocycles. The third-order valence-electron chi connectivity index (χ3n) is 4.11. The van der Waals surface area contributed by atoms with Crippen LogP contribution in [0.15, 0.2) is 0 Å². The Morgan fingerprint density at radius 1 is 1.27 bits per heavy atom. The molecule has 0 aromatic rings. The molecule has 1 aliphatic heterocycles. The van der Waals surface area contributed by atoms with Crippen LogP contribution in [0.4, 0.5) is 0 Å². The largest absolute Gasteiger partial charge is 0.358 e. The van der Waals surface area contributed by atoms with Crippen LogP contribution in [0.2, 0.25) is 0 Å². The normalized spacial score (nSPS) is 47.0. The van der Waals surface area contributed by atoms with Gasteiger partial charge in [-0.05, 0) is 51.9 Å². The Bertz CT molecular complexity index is 197. The molecule has 15 heavy (non-hydrogen) atoms. The topological polar surface area (TPSA) is 21.3 Å². The first-order chi connectivity index (χ1) is 7.13. The van der Waals surface area contributed by atoms with Crippen LogP contribution in [-0.2, 0) is 4.74 Å². The maximum atomic E-state index is 6.17. The summed E-state index contributed by atoms with van der Waals surface area (Å²) in [6, 6.07) is 0.618. The second kappa shape index (κ2) is 4.42. The van der Waals surface area contributed by atoms with Crippen molar-refractivity contribution in [2.45, 2.75) is 77.2 Å². The summed E-state index contributed by atoms with van der Waals surface area (Å²) in [5, 5.41) is 3.68. The smallest absolute Gasteiger partial charge is 0.119 e. The van der Waals surface area contributed by atoms with Gasteiger partial charge in [-0.1, -0.05) is 13.3 Å². The highest BCUT2D eigenvalue weighted by Gasteiger charge is 2.40. The summed E-state index contributed by atoms with van der Waals surface area (Å²) >= 11 is 0. The highest BCUT2D eigenvalue weighted by Crippen LogP contribution is 2.37. The van der Waals surface area contributed by atoms with Crippen LogP contribution >= 0.6 is 0 Å². The molecule has 0 aromatic heterocycles. The molecule has 1 spiro atoms. The SMILES string of the molecule is CCC1CCC2(CC1)NC(C)CC(C)O2. The first-order valence-corrected chi connectivity index (χ1v) is 6.59. The molecule has 1 aliphatic carbocycles. The van der Waals surface area contributed by atoms with Crippen molar-refractivity contribution in [1.82, 2.24) is 5.32 Å². The molecule has 2 heteroatoms. The van der Waals surface area contributed by atoms with Crippen molar-refractivity contribution in [1.29, 1.82) is 0 Å². The van der Waals surface area contributed by atoms with E-state index in [0.29, 0.717) is 12.1 Å². The molecule has 1 heterocycles. The van der Waals surface area contributed by atoms with E-state index in [1.165, 1.54) is 32.1 Å². The fraction of sp³-hybridized carbons (Fsp3) is 1.00. The van der Waals surface area contributed by atoms with Gasteiger partial charge in [0, 0.05) is 6.04 Å². The molecule has 2 atom stereocenters. The van der Waals surface area contributed by atoms with Gasteiger partial charge in [0.05, 0.1) is 6.10 Å². The fourth-order valence-electron chi connectivity index (χ4n) is 3.29. The van der Waals surface area contributed by atoms with Crippen molar-refractivity contribution >= 4 is 0 Å². The summed E-state index contributed by atoms with van der Waals surface area (Å²) in [7, 11) is 0. The van der Waals surface area contributed by atoms with Crippen molar-refractivity contribution in [3.63, 3.8) is 0 Å². The van der Waals surface area contributed by atoms with Gasteiger partial charge in [0.15, 0.2) is 0 Å². The third kappa shape index (κ3) is 2.54. The standard InChI is InChI=1S/C13H25NO/c1-4-12-5-7-13(8-6-12)14-10(2)9-11(3)15-13/h10-12,14H,4-9H2,1-3H3. The van der Waals surface area contributed by atoms with Gasteiger partial charge in [-0.2, -0.15) is 0 Å². The minimum Gasteiger partial charge on any atom is -0.358 e. The van der Waals surface area contributed by atoms with Crippen LogP contribution < -0.4 is 5.32 Å². The second-order valence-corrected chi connectivity index (χ2v) is 5.56. The third-order valence-corrected chi connectivity index (χ3v) is 4.11. The fourth-order valence-corrected chi connectivity index (χ4v) is 3.29. The average Bonchev–Trinajstić information content (AvgIpc) is 2.17. The lowest BCUT2D eigenvalue weighted by Gasteiger charge is -2.47. The molecule has 2 nitrogen and oxygen atoms in total. The van der Waals surface area contributed by atoms with Crippen LogP contribution in [0.25, 0.3) is 0 Å². The zero-order chi connectivity index (χ0) is 10.9. The van der Waals surface area contributed by atoms with Gasteiger partial charge in [-0.15, -0.1) is 0 Å². The predicted octanol–water partition coefficient (Wildman–Crippen LogP) is 3.07. The summed E-state index contributed by atoms with van der Waals surface area (Å²) in [4.78, 5) is 0. The Labute approximate surface area is 93.8 Å². The molecule has 0 radical (unpaired) electrons. The van der Waals surface area contributed by atoms with E-state index in [1.807, 2.05) is 0 Å². The number of rotatable bonds is 1. The van der Waals surface area contributed by atoms with Gasteiger partial charge in [-0.25, -0.2) is 0 Å². The molecule has 0 amide bonds. The summed E-state index contributed by atoms with van der Waals surface area (Å²) < 4.78 is 6.17. The minimum absolute atomic E-state index is 0.0305. The molecular formula is C13H25NO. The molecule has 2 unspecified atom stereocenters. The Kier molecular flexibility index (Phi) is 3.36. The Morgan fingerprint density at radius 2 is 1.93 bits per heavy atom. The number of hydrogen-bond acceptors (Lipinski definition) is 2. The number of nitrogens with one attached hydrogen (secondary N) is 1. The molecule has 88 valence electrons. The van der Waals surface area contributed by atoms with Crippen LogP contribution in [0.5, 0.6) is 0 Å². The van der Waals surface area contributed by atoms with E-state index < -0.39 is 0 Å². The lowest BCUT2D eigenvalue weighted by molar-refractivity contribution is -0.169. The van der Waals surface area contributed by atoms with Crippen molar-refractivity contribution in [3.05, 3.63) is 0 Å². The van der Waals surface area contributed by atoms with Crippen LogP contribution in [-0.4, -0.2) is 17.9 Å². The molecular weight excluding hydrogens is 186 g/mol. The Balaban J connectivity index is 1.96. The van der Waals surface area contributed by atoms with Gasteiger partial charge in [0.2, 0.25) is 0 Å².